The first-order valence-corrected chi connectivity index (χ1v) is 13.7. The Hall–Kier alpha value is -2.19. The largest absolute Gasteiger partial charge is 0.465 e. The fourth-order valence-electron chi connectivity index (χ4n) is 6.45. The molecule has 0 aliphatic carbocycles. The average Bonchev–Trinajstić information content (AvgIpc) is 3.48. The lowest BCUT2D eigenvalue weighted by atomic mass is 9.65. The summed E-state index contributed by atoms with van der Waals surface area (Å²) in [6.45, 7) is 13.2. The van der Waals surface area contributed by atoms with Crippen molar-refractivity contribution < 1.29 is 29.0 Å². The van der Waals surface area contributed by atoms with E-state index in [1.54, 1.807) is 22.0 Å². The predicted octanol–water partition coefficient (Wildman–Crippen LogP) is 3.24. The van der Waals surface area contributed by atoms with E-state index in [9.17, 15) is 19.5 Å². The number of likely N-dealkylation sites (tertiary alicyclic amines) is 1. The van der Waals surface area contributed by atoms with Crippen LogP contribution in [-0.2, 0) is 23.9 Å². The summed E-state index contributed by atoms with van der Waals surface area (Å²) in [5, 5.41) is 9.32. The van der Waals surface area contributed by atoms with E-state index < -0.39 is 35.0 Å². The number of aliphatic hydroxyl groups is 1. The summed E-state index contributed by atoms with van der Waals surface area (Å²) in [7, 11) is 0. The van der Waals surface area contributed by atoms with Crippen molar-refractivity contribution >= 4 is 17.8 Å². The third-order valence-electron chi connectivity index (χ3n) is 8.22. The molecule has 3 heterocycles. The zero-order valence-electron chi connectivity index (χ0n) is 22.1. The summed E-state index contributed by atoms with van der Waals surface area (Å²) >= 11 is 0. The van der Waals surface area contributed by atoms with Crippen molar-refractivity contribution in [3.8, 4) is 0 Å². The van der Waals surface area contributed by atoms with Crippen LogP contribution in [0.1, 0.15) is 71.6 Å². The Morgan fingerprint density at radius 2 is 1.97 bits per heavy atom. The van der Waals surface area contributed by atoms with Crippen molar-refractivity contribution in [3.05, 3.63) is 25.3 Å². The van der Waals surface area contributed by atoms with E-state index in [2.05, 4.69) is 20.1 Å². The summed E-state index contributed by atoms with van der Waals surface area (Å²) < 4.78 is 12.4. The molecule has 3 aliphatic heterocycles. The molecule has 5 atom stereocenters. The van der Waals surface area contributed by atoms with Gasteiger partial charge in [0.25, 0.3) is 0 Å². The number of carbonyl (C=O) groups is 3. The van der Waals surface area contributed by atoms with E-state index >= 15 is 0 Å². The zero-order valence-corrected chi connectivity index (χ0v) is 22.1. The lowest BCUT2D eigenvalue weighted by molar-refractivity contribution is -0.162. The normalized spacial score (nSPS) is 30.4. The molecule has 36 heavy (non-hydrogen) atoms. The summed E-state index contributed by atoms with van der Waals surface area (Å²) in [5.74, 6) is -2.22. The van der Waals surface area contributed by atoms with Gasteiger partial charge in [-0.1, -0.05) is 32.4 Å². The zero-order chi connectivity index (χ0) is 26.3. The van der Waals surface area contributed by atoms with Gasteiger partial charge in [0.15, 0.2) is 0 Å². The Morgan fingerprint density at radius 3 is 2.61 bits per heavy atom. The molecule has 0 radical (unpaired) electrons. The van der Waals surface area contributed by atoms with Crippen LogP contribution >= 0.6 is 0 Å². The molecule has 8 heteroatoms. The highest BCUT2D eigenvalue weighted by molar-refractivity contribution is 5.98. The van der Waals surface area contributed by atoms with Crippen molar-refractivity contribution in [2.75, 3.05) is 32.8 Å². The minimum atomic E-state index is -1.04. The molecule has 0 aromatic carbocycles. The van der Waals surface area contributed by atoms with Crippen LogP contribution in [0.25, 0.3) is 0 Å². The summed E-state index contributed by atoms with van der Waals surface area (Å²) in [6.07, 6.45) is 9.54. The molecule has 0 aromatic rings. The van der Waals surface area contributed by atoms with E-state index in [4.69, 9.17) is 9.47 Å². The fourth-order valence-corrected chi connectivity index (χ4v) is 6.45. The van der Waals surface area contributed by atoms with Crippen LogP contribution in [0, 0.1) is 11.8 Å². The average molecular weight is 505 g/mol. The van der Waals surface area contributed by atoms with E-state index in [0.29, 0.717) is 58.2 Å². The molecule has 8 nitrogen and oxygen atoms in total. The van der Waals surface area contributed by atoms with Crippen LogP contribution in [0.3, 0.4) is 0 Å². The number of hydrogen-bond donors (Lipinski definition) is 1. The van der Waals surface area contributed by atoms with Crippen molar-refractivity contribution in [1.82, 2.24) is 9.80 Å². The van der Waals surface area contributed by atoms with Crippen LogP contribution in [0.15, 0.2) is 25.3 Å². The Balaban J connectivity index is 1.98. The SMILES string of the molecule is C=CCCCOC(=O)[C@H]1[C@H]2C(=O)N(CCCCO)C(C(=O)N(CC=C)CCCC)C23CC[C@]1(CC)O3. The molecule has 3 aliphatic rings. The molecule has 0 aromatic heterocycles. The number of aliphatic hydroxyl groups excluding tert-OH is 1. The number of amides is 2. The maximum Gasteiger partial charge on any atom is 0.312 e. The standard InChI is InChI=1S/C28H44N2O6/c1-5-9-13-20-35-26(34)22-21-24(32)30(18-11-12-19-31)23(25(33)29(16-7-3)17-10-6-2)28(21)15-14-27(22,8-4)36-28/h5,7,21-23,31H,1,3,6,8-20H2,2,4H3/t21-,22+,23?,27-,28?/m0/s1. The third kappa shape index (κ3) is 4.99. The highest BCUT2D eigenvalue weighted by Gasteiger charge is 2.79. The molecule has 202 valence electrons. The highest BCUT2D eigenvalue weighted by Crippen LogP contribution is 2.64. The first kappa shape index (κ1) is 28.4. The predicted molar refractivity (Wildman–Crippen MR) is 137 cm³/mol. The van der Waals surface area contributed by atoms with Gasteiger partial charge in [-0.3, -0.25) is 14.4 Å². The second kappa shape index (κ2) is 12.4. The molecular weight excluding hydrogens is 460 g/mol. The quantitative estimate of drug-likeness (QED) is 0.197. The van der Waals surface area contributed by atoms with Gasteiger partial charge in [0.1, 0.15) is 17.6 Å². The number of unbranched alkanes of at least 4 members (excludes halogenated alkanes) is 3. The van der Waals surface area contributed by atoms with Gasteiger partial charge in [0, 0.05) is 26.2 Å². The summed E-state index contributed by atoms with van der Waals surface area (Å²) in [6, 6.07) is -0.794. The van der Waals surface area contributed by atoms with Crippen molar-refractivity contribution in [3.63, 3.8) is 0 Å². The van der Waals surface area contributed by atoms with Gasteiger partial charge in [-0.15, -0.1) is 13.2 Å². The smallest absolute Gasteiger partial charge is 0.312 e. The van der Waals surface area contributed by atoms with Gasteiger partial charge in [0.05, 0.1) is 18.1 Å². The van der Waals surface area contributed by atoms with Gasteiger partial charge in [0.2, 0.25) is 11.8 Å². The number of nitrogens with zero attached hydrogens (tertiary/aromatic N) is 2. The van der Waals surface area contributed by atoms with E-state index in [1.807, 2.05) is 6.92 Å². The van der Waals surface area contributed by atoms with E-state index in [-0.39, 0.29) is 25.0 Å². The lowest BCUT2D eigenvalue weighted by Gasteiger charge is -2.37. The second-order valence-electron chi connectivity index (χ2n) is 10.3. The molecule has 2 bridgehead atoms. The Kier molecular flexibility index (Phi) is 9.75. The second-order valence-corrected chi connectivity index (χ2v) is 10.3. The minimum Gasteiger partial charge on any atom is -0.465 e. The molecule has 3 fully saturated rings. The Labute approximate surface area is 215 Å². The Bertz CT molecular complexity index is 831. The number of hydrogen-bond acceptors (Lipinski definition) is 6. The van der Waals surface area contributed by atoms with Gasteiger partial charge < -0.3 is 24.4 Å². The maximum absolute atomic E-state index is 14.1. The Morgan fingerprint density at radius 1 is 1.19 bits per heavy atom. The molecule has 0 saturated carbocycles. The maximum atomic E-state index is 14.1. The summed E-state index contributed by atoms with van der Waals surface area (Å²) in [5.41, 5.74) is -1.84. The first-order valence-electron chi connectivity index (χ1n) is 13.7. The molecule has 3 saturated heterocycles. The molecule has 2 amide bonds. The number of carbonyl (C=O) groups excluding carboxylic acids is 3. The van der Waals surface area contributed by atoms with Gasteiger partial charge >= 0.3 is 5.97 Å². The van der Waals surface area contributed by atoms with Gasteiger partial charge in [-0.2, -0.15) is 0 Å². The topological polar surface area (TPSA) is 96.4 Å². The van der Waals surface area contributed by atoms with Crippen LogP contribution < -0.4 is 0 Å². The van der Waals surface area contributed by atoms with Crippen LogP contribution in [-0.4, -0.2) is 82.8 Å². The molecule has 3 rings (SSSR count). The number of fused-ring (bicyclic) bond motifs is 1. The highest BCUT2D eigenvalue weighted by atomic mass is 16.6. The van der Waals surface area contributed by atoms with Gasteiger partial charge in [-0.25, -0.2) is 0 Å². The number of allylic oxidation sites excluding steroid dienone is 1. The first-order chi connectivity index (χ1) is 17.4. The lowest BCUT2D eigenvalue weighted by Crippen LogP contribution is -2.56. The number of rotatable bonds is 16. The van der Waals surface area contributed by atoms with Crippen LogP contribution in [0.4, 0.5) is 0 Å². The van der Waals surface area contributed by atoms with E-state index in [1.165, 1.54) is 0 Å². The van der Waals surface area contributed by atoms with Gasteiger partial charge in [-0.05, 0) is 51.4 Å². The van der Waals surface area contributed by atoms with Crippen molar-refractivity contribution in [1.29, 1.82) is 0 Å². The molecule has 2 unspecified atom stereocenters. The fraction of sp³-hybridized carbons (Fsp3) is 0.750. The third-order valence-corrected chi connectivity index (χ3v) is 8.22. The molecular formula is C28H44N2O6. The monoisotopic (exact) mass is 504 g/mol. The number of ether oxygens (including phenoxy) is 2. The van der Waals surface area contributed by atoms with Crippen molar-refractivity contribution in [2.45, 2.75) is 88.9 Å². The van der Waals surface area contributed by atoms with E-state index in [0.717, 1.165) is 19.3 Å². The van der Waals surface area contributed by atoms with Crippen LogP contribution in [0.2, 0.25) is 0 Å². The number of esters is 1. The summed E-state index contributed by atoms with van der Waals surface area (Å²) in [4.78, 5) is 44.9. The van der Waals surface area contributed by atoms with Crippen molar-refractivity contribution in [2.24, 2.45) is 11.8 Å². The molecule has 1 spiro atoms. The minimum absolute atomic E-state index is 0.0173. The molecule has 1 N–H and O–H groups in total. The van der Waals surface area contributed by atoms with Crippen LogP contribution in [0.5, 0.6) is 0 Å².